The second-order valence-electron chi connectivity index (χ2n) is 6.91. The SMILES string of the molecule is CC(C)=C(Cl)/C=C(\C)Nc1cc(C)c2c(c1)C1CNCC[C@@H]1N2. The van der Waals surface area contributed by atoms with Crippen LogP contribution >= 0.6 is 11.6 Å². The van der Waals surface area contributed by atoms with Crippen LogP contribution in [0.25, 0.3) is 0 Å². The summed E-state index contributed by atoms with van der Waals surface area (Å²) in [4.78, 5) is 0. The highest BCUT2D eigenvalue weighted by molar-refractivity contribution is 6.31. The van der Waals surface area contributed by atoms with Gasteiger partial charge in [0.15, 0.2) is 0 Å². The summed E-state index contributed by atoms with van der Waals surface area (Å²) in [5.41, 5.74) is 7.39. The van der Waals surface area contributed by atoms with E-state index < -0.39 is 0 Å². The summed E-state index contributed by atoms with van der Waals surface area (Å²) < 4.78 is 0. The Bertz CT molecular complexity index is 671. The molecular weight excluding hydrogens is 306 g/mol. The molecular formula is C19H26ClN3. The molecule has 2 aliphatic heterocycles. The standard InChI is InChI=1S/C19H26ClN3/c1-11(2)17(20)8-13(4)22-14-7-12(3)19-15(9-14)16-10-21-6-5-18(16)23-19/h7-9,16,18,21-23H,5-6,10H2,1-4H3/b13-8+/t16?,18-/m0/s1. The monoisotopic (exact) mass is 331 g/mol. The first-order chi connectivity index (χ1) is 11.0. The number of fused-ring (bicyclic) bond motifs is 3. The number of piperidine rings is 1. The van der Waals surface area contributed by atoms with Crippen LogP contribution in [0.5, 0.6) is 0 Å². The van der Waals surface area contributed by atoms with Crippen molar-refractivity contribution >= 4 is 23.0 Å². The van der Waals surface area contributed by atoms with E-state index in [2.05, 4.69) is 41.9 Å². The predicted molar refractivity (Wildman–Crippen MR) is 100 cm³/mol. The number of nitrogens with one attached hydrogen (secondary N) is 3. The van der Waals surface area contributed by atoms with Crippen molar-refractivity contribution in [3.05, 3.63) is 45.6 Å². The van der Waals surface area contributed by atoms with Gasteiger partial charge in [-0.25, -0.2) is 0 Å². The molecule has 0 aliphatic carbocycles. The van der Waals surface area contributed by atoms with Crippen molar-refractivity contribution in [3.63, 3.8) is 0 Å². The maximum absolute atomic E-state index is 6.24. The van der Waals surface area contributed by atoms with Gasteiger partial charge in [0.2, 0.25) is 0 Å². The highest BCUT2D eigenvalue weighted by Gasteiger charge is 2.34. The second kappa shape index (κ2) is 6.58. The fourth-order valence-electron chi connectivity index (χ4n) is 3.52. The number of rotatable bonds is 3. The maximum atomic E-state index is 6.24. The predicted octanol–water partition coefficient (Wildman–Crippen LogP) is 4.71. The van der Waals surface area contributed by atoms with Crippen LogP contribution in [0.2, 0.25) is 0 Å². The van der Waals surface area contributed by atoms with Gasteiger partial charge in [0.1, 0.15) is 0 Å². The van der Waals surface area contributed by atoms with Gasteiger partial charge in [0, 0.05) is 40.6 Å². The Morgan fingerprint density at radius 2 is 2.09 bits per heavy atom. The first-order valence-electron chi connectivity index (χ1n) is 8.36. The summed E-state index contributed by atoms with van der Waals surface area (Å²) in [7, 11) is 0. The number of hydrogen-bond donors (Lipinski definition) is 3. The minimum atomic E-state index is 0.574. The van der Waals surface area contributed by atoms with E-state index in [-0.39, 0.29) is 0 Å². The van der Waals surface area contributed by atoms with E-state index in [0.29, 0.717) is 12.0 Å². The largest absolute Gasteiger partial charge is 0.381 e. The van der Waals surface area contributed by atoms with Crippen LogP contribution in [0.15, 0.2) is 34.5 Å². The first kappa shape index (κ1) is 16.4. The van der Waals surface area contributed by atoms with E-state index in [9.17, 15) is 0 Å². The van der Waals surface area contributed by atoms with E-state index in [1.54, 1.807) is 0 Å². The highest BCUT2D eigenvalue weighted by atomic mass is 35.5. The fraction of sp³-hybridized carbons (Fsp3) is 0.474. The molecule has 0 aromatic heterocycles. The number of halogens is 1. The minimum Gasteiger partial charge on any atom is -0.381 e. The average Bonchev–Trinajstić information content (AvgIpc) is 2.86. The molecule has 1 aromatic rings. The Hall–Kier alpha value is -1.45. The van der Waals surface area contributed by atoms with E-state index in [1.807, 2.05) is 19.9 Å². The van der Waals surface area contributed by atoms with E-state index in [1.165, 1.54) is 23.2 Å². The van der Waals surface area contributed by atoms with Crippen molar-refractivity contribution < 1.29 is 0 Å². The molecule has 3 N–H and O–H groups in total. The lowest BCUT2D eigenvalue weighted by atomic mass is 9.89. The third kappa shape index (κ3) is 3.41. The molecule has 0 radical (unpaired) electrons. The quantitative estimate of drug-likeness (QED) is 0.702. The van der Waals surface area contributed by atoms with Gasteiger partial charge in [-0.05, 0) is 70.0 Å². The van der Waals surface area contributed by atoms with Gasteiger partial charge in [-0.1, -0.05) is 17.2 Å². The van der Waals surface area contributed by atoms with Gasteiger partial charge in [-0.3, -0.25) is 0 Å². The Labute approximate surface area is 144 Å². The molecule has 3 rings (SSSR count). The van der Waals surface area contributed by atoms with Crippen LogP contribution in [-0.4, -0.2) is 19.1 Å². The molecule has 0 amide bonds. The van der Waals surface area contributed by atoms with Gasteiger partial charge in [-0.2, -0.15) is 0 Å². The lowest BCUT2D eigenvalue weighted by Crippen LogP contribution is -2.38. The Kier molecular flexibility index (Phi) is 4.69. The van der Waals surface area contributed by atoms with Gasteiger partial charge >= 0.3 is 0 Å². The molecule has 0 bridgehead atoms. The van der Waals surface area contributed by atoms with Crippen molar-refractivity contribution in [2.24, 2.45) is 0 Å². The number of anilines is 2. The van der Waals surface area contributed by atoms with Crippen molar-refractivity contribution in [1.29, 1.82) is 0 Å². The summed E-state index contributed by atoms with van der Waals surface area (Å²) in [6, 6.07) is 5.09. The van der Waals surface area contributed by atoms with Crippen molar-refractivity contribution in [2.45, 2.75) is 46.1 Å². The molecule has 124 valence electrons. The third-order valence-electron chi connectivity index (χ3n) is 4.74. The van der Waals surface area contributed by atoms with Gasteiger partial charge in [0.05, 0.1) is 0 Å². The second-order valence-corrected chi connectivity index (χ2v) is 7.31. The molecule has 3 nitrogen and oxygen atoms in total. The van der Waals surface area contributed by atoms with Crippen LogP contribution in [0, 0.1) is 6.92 Å². The molecule has 1 saturated heterocycles. The first-order valence-corrected chi connectivity index (χ1v) is 8.73. The van der Waals surface area contributed by atoms with E-state index in [4.69, 9.17) is 11.6 Å². The molecule has 1 unspecified atom stereocenters. The fourth-order valence-corrected chi connectivity index (χ4v) is 3.68. The van der Waals surface area contributed by atoms with Crippen LogP contribution < -0.4 is 16.0 Å². The van der Waals surface area contributed by atoms with Gasteiger partial charge < -0.3 is 16.0 Å². The number of hydrogen-bond acceptors (Lipinski definition) is 3. The highest BCUT2D eigenvalue weighted by Crippen LogP contribution is 2.42. The normalized spacial score (nSPS) is 22.9. The van der Waals surface area contributed by atoms with Crippen LogP contribution in [0.4, 0.5) is 11.4 Å². The molecule has 4 heteroatoms. The molecule has 2 atom stereocenters. The van der Waals surface area contributed by atoms with E-state index >= 15 is 0 Å². The number of benzene rings is 1. The lowest BCUT2D eigenvalue weighted by Gasteiger charge is -2.26. The Morgan fingerprint density at radius 3 is 2.83 bits per heavy atom. The minimum absolute atomic E-state index is 0.574. The molecule has 2 heterocycles. The summed E-state index contributed by atoms with van der Waals surface area (Å²) in [6.45, 7) is 10.4. The molecule has 23 heavy (non-hydrogen) atoms. The smallest absolute Gasteiger partial charge is 0.0410 e. The van der Waals surface area contributed by atoms with Crippen LogP contribution in [-0.2, 0) is 0 Å². The Balaban J connectivity index is 1.86. The topological polar surface area (TPSA) is 36.1 Å². The molecule has 1 aromatic carbocycles. The van der Waals surface area contributed by atoms with Crippen LogP contribution in [0.3, 0.4) is 0 Å². The Morgan fingerprint density at radius 1 is 1.30 bits per heavy atom. The van der Waals surface area contributed by atoms with Crippen molar-refractivity contribution in [2.75, 3.05) is 23.7 Å². The van der Waals surface area contributed by atoms with Gasteiger partial charge in [-0.15, -0.1) is 0 Å². The molecule has 0 saturated carbocycles. The lowest BCUT2D eigenvalue weighted by molar-refractivity contribution is 0.440. The summed E-state index contributed by atoms with van der Waals surface area (Å²) in [5, 5.41) is 11.5. The third-order valence-corrected chi connectivity index (χ3v) is 5.23. The number of aryl methyl sites for hydroxylation is 1. The van der Waals surface area contributed by atoms with Gasteiger partial charge in [0.25, 0.3) is 0 Å². The zero-order valence-electron chi connectivity index (χ0n) is 14.4. The average molecular weight is 332 g/mol. The zero-order chi connectivity index (χ0) is 16.6. The zero-order valence-corrected chi connectivity index (χ0v) is 15.1. The van der Waals surface area contributed by atoms with Crippen molar-refractivity contribution in [1.82, 2.24) is 5.32 Å². The molecule has 1 fully saturated rings. The maximum Gasteiger partial charge on any atom is 0.0410 e. The van der Waals surface area contributed by atoms with Crippen molar-refractivity contribution in [3.8, 4) is 0 Å². The van der Waals surface area contributed by atoms with Crippen LogP contribution in [0.1, 0.15) is 44.2 Å². The summed E-state index contributed by atoms with van der Waals surface area (Å²) in [6.07, 6.45) is 3.18. The molecule has 2 aliphatic rings. The summed E-state index contributed by atoms with van der Waals surface area (Å²) >= 11 is 6.24. The van der Waals surface area contributed by atoms with E-state index in [0.717, 1.165) is 35.1 Å². The summed E-state index contributed by atoms with van der Waals surface area (Å²) in [5.74, 6) is 0.574. The number of allylic oxidation sites excluding steroid dienone is 4. The molecule has 0 spiro atoms.